The molecule has 0 unspecified atom stereocenters. The molecule has 116 valence electrons. The number of allylic oxidation sites excluding steroid dienone is 6. The van der Waals surface area contributed by atoms with Crippen molar-refractivity contribution in [3.05, 3.63) is 70.0 Å². The SMILES string of the molecule is O=C(O)c1sc(-c2ccncc2)nc1CC1=CCC=C(Cl)C=C1. The predicted octanol–water partition coefficient (Wildman–Crippen LogP) is 4.45. The minimum atomic E-state index is -0.952. The summed E-state index contributed by atoms with van der Waals surface area (Å²) in [6.45, 7) is 0. The van der Waals surface area contributed by atoms with Crippen LogP contribution < -0.4 is 0 Å². The minimum Gasteiger partial charge on any atom is -0.477 e. The van der Waals surface area contributed by atoms with Crippen molar-refractivity contribution in [1.82, 2.24) is 9.97 Å². The quantitative estimate of drug-likeness (QED) is 0.889. The van der Waals surface area contributed by atoms with Crippen molar-refractivity contribution in [2.45, 2.75) is 12.8 Å². The van der Waals surface area contributed by atoms with Gasteiger partial charge in [-0.25, -0.2) is 9.78 Å². The van der Waals surface area contributed by atoms with Gasteiger partial charge in [0, 0.05) is 29.4 Å². The van der Waals surface area contributed by atoms with Crippen LogP contribution >= 0.6 is 22.9 Å². The Balaban J connectivity index is 1.93. The zero-order valence-electron chi connectivity index (χ0n) is 12.1. The monoisotopic (exact) mass is 344 g/mol. The smallest absolute Gasteiger partial charge is 0.347 e. The molecule has 6 heteroatoms. The largest absolute Gasteiger partial charge is 0.477 e. The zero-order chi connectivity index (χ0) is 16.2. The normalized spacial score (nSPS) is 14.1. The molecule has 0 saturated carbocycles. The minimum absolute atomic E-state index is 0.273. The van der Waals surface area contributed by atoms with E-state index < -0.39 is 5.97 Å². The maximum absolute atomic E-state index is 11.5. The van der Waals surface area contributed by atoms with Gasteiger partial charge in [0.25, 0.3) is 0 Å². The van der Waals surface area contributed by atoms with E-state index in [-0.39, 0.29) is 4.88 Å². The van der Waals surface area contributed by atoms with Crippen molar-refractivity contribution in [3.63, 3.8) is 0 Å². The summed E-state index contributed by atoms with van der Waals surface area (Å²) in [5.74, 6) is -0.952. The number of hydrogen-bond donors (Lipinski definition) is 1. The first-order valence-electron chi connectivity index (χ1n) is 6.99. The summed E-state index contributed by atoms with van der Waals surface area (Å²) in [4.78, 5) is 20.3. The van der Waals surface area contributed by atoms with Crippen molar-refractivity contribution in [3.8, 4) is 10.6 Å². The van der Waals surface area contributed by atoms with Gasteiger partial charge in [0.15, 0.2) is 0 Å². The standard InChI is InChI=1S/C17H13ClN2O2S/c18-13-3-1-2-11(4-5-13)10-14-15(17(21)22)23-16(20-14)12-6-8-19-9-7-12/h2-9H,1,10H2,(H,21,22). The predicted molar refractivity (Wildman–Crippen MR) is 91.8 cm³/mol. The summed E-state index contributed by atoms with van der Waals surface area (Å²) in [6.07, 6.45) is 12.2. The Morgan fingerprint density at radius 3 is 2.78 bits per heavy atom. The molecule has 23 heavy (non-hydrogen) atoms. The Labute approximate surface area is 142 Å². The summed E-state index contributed by atoms with van der Waals surface area (Å²) in [5, 5.41) is 10.8. The van der Waals surface area contributed by atoms with Crippen molar-refractivity contribution < 1.29 is 9.90 Å². The van der Waals surface area contributed by atoms with E-state index in [2.05, 4.69) is 9.97 Å². The van der Waals surface area contributed by atoms with Crippen LogP contribution in [0.25, 0.3) is 10.6 Å². The summed E-state index contributed by atoms with van der Waals surface area (Å²) in [6, 6.07) is 3.64. The first kappa shape index (κ1) is 15.6. The van der Waals surface area contributed by atoms with Crippen LogP contribution in [0.1, 0.15) is 21.8 Å². The highest BCUT2D eigenvalue weighted by molar-refractivity contribution is 7.17. The first-order chi connectivity index (χ1) is 11.1. The Hall–Kier alpha value is -2.24. The van der Waals surface area contributed by atoms with Gasteiger partial charge in [0.2, 0.25) is 0 Å². The molecular weight excluding hydrogens is 332 g/mol. The molecule has 0 atom stereocenters. The van der Waals surface area contributed by atoms with Crippen LogP contribution in [0.4, 0.5) is 0 Å². The summed E-state index contributed by atoms with van der Waals surface area (Å²) >= 11 is 7.17. The topological polar surface area (TPSA) is 63.1 Å². The maximum Gasteiger partial charge on any atom is 0.347 e. The van der Waals surface area contributed by atoms with E-state index in [9.17, 15) is 9.90 Å². The van der Waals surface area contributed by atoms with Crippen molar-refractivity contribution >= 4 is 28.9 Å². The van der Waals surface area contributed by atoms with Crippen molar-refractivity contribution in [2.24, 2.45) is 0 Å². The highest BCUT2D eigenvalue weighted by atomic mass is 35.5. The number of nitrogens with zero attached hydrogens (tertiary/aromatic N) is 2. The fraction of sp³-hybridized carbons (Fsp3) is 0.118. The lowest BCUT2D eigenvalue weighted by Gasteiger charge is -2.00. The molecule has 3 rings (SSSR count). The molecule has 0 bridgehead atoms. The van der Waals surface area contributed by atoms with Gasteiger partial charge in [-0.1, -0.05) is 29.8 Å². The summed E-state index contributed by atoms with van der Waals surface area (Å²) in [5.41, 5.74) is 2.45. The van der Waals surface area contributed by atoms with Crippen LogP contribution in [0.15, 0.2) is 59.4 Å². The summed E-state index contributed by atoms with van der Waals surface area (Å²) in [7, 11) is 0. The lowest BCUT2D eigenvalue weighted by Crippen LogP contribution is -2.00. The highest BCUT2D eigenvalue weighted by Crippen LogP contribution is 2.29. The molecule has 0 aromatic carbocycles. The number of aromatic nitrogens is 2. The van der Waals surface area contributed by atoms with E-state index >= 15 is 0 Å². The second-order valence-corrected chi connectivity index (χ2v) is 6.39. The second kappa shape index (κ2) is 6.89. The Morgan fingerprint density at radius 1 is 1.26 bits per heavy atom. The van der Waals surface area contributed by atoms with Crippen LogP contribution in [0.5, 0.6) is 0 Å². The molecule has 2 aromatic rings. The van der Waals surface area contributed by atoms with Gasteiger partial charge in [0.05, 0.1) is 5.69 Å². The zero-order valence-corrected chi connectivity index (χ0v) is 13.6. The molecule has 2 aromatic heterocycles. The third-order valence-electron chi connectivity index (χ3n) is 3.34. The molecule has 1 N–H and O–H groups in total. The molecule has 0 saturated heterocycles. The molecule has 0 fully saturated rings. The lowest BCUT2D eigenvalue weighted by molar-refractivity contribution is 0.0701. The van der Waals surface area contributed by atoms with Crippen LogP contribution in [0.3, 0.4) is 0 Å². The van der Waals surface area contributed by atoms with Gasteiger partial charge in [-0.2, -0.15) is 0 Å². The average Bonchev–Trinajstić information content (AvgIpc) is 2.86. The fourth-order valence-corrected chi connectivity index (χ4v) is 3.30. The molecule has 0 spiro atoms. The number of carboxylic acid groups (broad SMARTS) is 1. The molecule has 2 heterocycles. The van der Waals surface area contributed by atoms with Crippen molar-refractivity contribution in [2.75, 3.05) is 0 Å². The van der Waals surface area contributed by atoms with E-state index in [1.54, 1.807) is 12.4 Å². The third kappa shape index (κ3) is 3.75. The Bertz CT molecular complexity index is 822. The molecule has 4 nitrogen and oxygen atoms in total. The lowest BCUT2D eigenvalue weighted by atomic mass is 10.1. The molecular formula is C17H13ClN2O2S. The molecule has 1 aliphatic rings. The molecule has 0 aliphatic heterocycles. The average molecular weight is 345 g/mol. The van der Waals surface area contributed by atoms with Gasteiger partial charge in [-0.3, -0.25) is 4.98 Å². The van der Waals surface area contributed by atoms with E-state index in [1.165, 1.54) is 11.3 Å². The third-order valence-corrected chi connectivity index (χ3v) is 4.75. The number of hydrogen-bond acceptors (Lipinski definition) is 4. The van der Waals surface area contributed by atoms with Gasteiger partial charge < -0.3 is 5.11 Å². The molecule has 1 aliphatic carbocycles. The van der Waals surface area contributed by atoms with Gasteiger partial charge in [0.1, 0.15) is 9.88 Å². The molecule has 0 amide bonds. The van der Waals surface area contributed by atoms with Gasteiger partial charge >= 0.3 is 5.97 Å². The van der Waals surface area contributed by atoms with Crippen molar-refractivity contribution in [1.29, 1.82) is 0 Å². The Kier molecular flexibility index (Phi) is 4.69. The highest BCUT2D eigenvalue weighted by Gasteiger charge is 2.18. The number of carbonyl (C=O) groups is 1. The van der Waals surface area contributed by atoms with Gasteiger partial charge in [-0.15, -0.1) is 11.3 Å². The Morgan fingerprint density at radius 2 is 2.04 bits per heavy atom. The summed E-state index contributed by atoms with van der Waals surface area (Å²) < 4.78 is 0. The van der Waals surface area contributed by atoms with E-state index in [1.807, 2.05) is 36.4 Å². The van der Waals surface area contributed by atoms with Crippen LogP contribution in [-0.4, -0.2) is 21.0 Å². The molecule has 0 radical (unpaired) electrons. The van der Waals surface area contributed by atoms with E-state index in [0.29, 0.717) is 22.2 Å². The van der Waals surface area contributed by atoms with Crippen LogP contribution in [-0.2, 0) is 6.42 Å². The number of rotatable bonds is 4. The first-order valence-corrected chi connectivity index (χ1v) is 8.19. The van der Waals surface area contributed by atoms with E-state index in [4.69, 9.17) is 11.6 Å². The fourth-order valence-electron chi connectivity index (χ4n) is 2.23. The van der Waals surface area contributed by atoms with Gasteiger partial charge in [-0.05, 0) is 30.2 Å². The number of pyridine rings is 1. The second-order valence-electron chi connectivity index (χ2n) is 4.95. The number of thiazole rings is 1. The number of aromatic carboxylic acids is 1. The van der Waals surface area contributed by atoms with E-state index in [0.717, 1.165) is 17.6 Å². The van der Waals surface area contributed by atoms with Crippen LogP contribution in [0.2, 0.25) is 0 Å². The maximum atomic E-state index is 11.5. The number of halogens is 1. The van der Waals surface area contributed by atoms with Crippen LogP contribution in [0, 0.1) is 0 Å². The number of carboxylic acids is 1.